The molecule has 0 saturated heterocycles. The normalized spacial score (nSPS) is 12.9. The summed E-state index contributed by atoms with van der Waals surface area (Å²) in [7, 11) is 0. The first-order valence-corrected chi connectivity index (χ1v) is 4.68. The van der Waals surface area contributed by atoms with Gasteiger partial charge in [0.05, 0.1) is 6.10 Å². The van der Waals surface area contributed by atoms with E-state index in [1.54, 1.807) is 6.92 Å². The van der Waals surface area contributed by atoms with Gasteiger partial charge in [-0.25, -0.2) is 4.98 Å². The molecule has 68 valence electrons. The fraction of sp³-hybridized carbons (Fsp3) is 0.714. The predicted molar refractivity (Wildman–Crippen MR) is 49.4 cm³/mol. The lowest BCUT2D eigenvalue weighted by Gasteiger charge is -2.03. The zero-order valence-corrected chi connectivity index (χ0v) is 8.06. The third kappa shape index (κ3) is 3.15. The lowest BCUT2D eigenvalue weighted by atomic mass is 10.3. The molecule has 1 heterocycles. The van der Waals surface area contributed by atoms with Gasteiger partial charge in [0.25, 0.3) is 0 Å². The van der Waals surface area contributed by atoms with Crippen LogP contribution in [0.5, 0.6) is 0 Å². The largest absolute Gasteiger partial charge is 0.393 e. The summed E-state index contributed by atoms with van der Waals surface area (Å²) >= 11 is 1.35. The van der Waals surface area contributed by atoms with Gasteiger partial charge in [-0.05, 0) is 20.3 Å². The van der Waals surface area contributed by atoms with Crippen LogP contribution in [0.15, 0.2) is 0 Å². The SMILES string of the molecule is Cc1nsc(NCCC(C)O)n1. The fourth-order valence-corrected chi connectivity index (χ4v) is 1.36. The van der Waals surface area contributed by atoms with E-state index in [1.807, 2.05) is 6.92 Å². The molecule has 0 aliphatic heterocycles. The van der Waals surface area contributed by atoms with Crippen molar-refractivity contribution in [3.63, 3.8) is 0 Å². The molecule has 0 aliphatic rings. The molecule has 5 heteroatoms. The smallest absolute Gasteiger partial charge is 0.202 e. The van der Waals surface area contributed by atoms with Gasteiger partial charge in [0.2, 0.25) is 5.13 Å². The van der Waals surface area contributed by atoms with E-state index < -0.39 is 0 Å². The zero-order valence-electron chi connectivity index (χ0n) is 7.24. The minimum absolute atomic E-state index is 0.258. The van der Waals surface area contributed by atoms with E-state index in [9.17, 15) is 0 Å². The van der Waals surface area contributed by atoms with Crippen molar-refractivity contribution in [2.24, 2.45) is 0 Å². The molecule has 0 amide bonds. The number of aromatic nitrogens is 2. The highest BCUT2D eigenvalue weighted by Crippen LogP contribution is 2.09. The summed E-state index contributed by atoms with van der Waals surface area (Å²) in [5.41, 5.74) is 0. The Morgan fingerprint density at radius 1 is 1.67 bits per heavy atom. The average molecular weight is 187 g/mol. The van der Waals surface area contributed by atoms with Crippen LogP contribution in [-0.4, -0.2) is 27.1 Å². The molecule has 1 atom stereocenters. The first-order valence-electron chi connectivity index (χ1n) is 3.90. The van der Waals surface area contributed by atoms with E-state index in [1.165, 1.54) is 11.5 Å². The molecule has 1 unspecified atom stereocenters. The van der Waals surface area contributed by atoms with Crippen LogP contribution >= 0.6 is 11.5 Å². The molecule has 0 aromatic carbocycles. The standard InChI is InChI=1S/C7H13N3OS/c1-5(11)3-4-8-7-9-6(2)10-12-7/h5,11H,3-4H2,1-2H3,(H,8,9,10). The third-order valence-electron chi connectivity index (χ3n) is 1.37. The Bertz CT molecular complexity index is 236. The minimum Gasteiger partial charge on any atom is -0.393 e. The number of aliphatic hydroxyl groups excluding tert-OH is 1. The number of nitrogens with zero attached hydrogens (tertiary/aromatic N) is 2. The molecule has 0 fully saturated rings. The quantitative estimate of drug-likeness (QED) is 0.739. The van der Waals surface area contributed by atoms with Gasteiger partial charge in [0, 0.05) is 18.1 Å². The molecule has 1 aromatic heterocycles. The Hall–Kier alpha value is -0.680. The number of rotatable bonds is 4. The molecule has 0 bridgehead atoms. The summed E-state index contributed by atoms with van der Waals surface area (Å²) < 4.78 is 4.02. The predicted octanol–water partition coefficient (Wildman–Crippen LogP) is 1.03. The van der Waals surface area contributed by atoms with Gasteiger partial charge in [0.15, 0.2) is 0 Å². The van der Waals surface area contributed by atoms with Crippen LogP contribution in [0, 0.1) is 6.92 Å². The highest BCUT2D eigenvalue weighted by atomic mass is 32.1. The second-order valence-electron chi connectivity index (χ2n) is 2.71. The molecule has 0 aliphatic carbocycles. The molecule has 0 spiro atoms. The summed E-state index contributed by atoms with van der Waals surface area (Å²) in [6.07, 6.45) is 0.477. The van der Waals surface area contributed by atoms with E-state index >= 15 is 0 Å². The maximum absolute atomic E-state index is 8.96. The van der Waals surface area contributed by atoms with Crippen molar-refractivity contribution in [2.75, 3.05) is 11.9 Å². The summed E-state index contributed by atoms with van der Waals surface area (Å²) in [4.78, 5) is 4.12. The maximum Gasteiger partial charge on any atom is 0.202 e. The maximum atomic E-state index is 8.96. The van der Waals surface area contributed by atoms with E-state index in [0.717, 1.165) is 23.9 Å². The van der Waals surface area contributed by atoms with E-state index in [4.69, 9.17) is 5.11 Å². The van der Waals surface area contributed by atoms with Gasteiger partial charge < -0.3 is 10.4 Å². The van der Waals surface area contributed by atoms with Crippen molar-refractivity contribution in [3.05, 3.63) is 5.82 Å². The van der Waals surface area contributed by atoms with Gasteiger partial charge in [-0.15, -0.1) is 0 Å². The molecule has 12 heavy (non-hydrogen) atoms. The lowest BCUT2D eigenvalue weighted by Crippen LogP contribution is -2.09. The van der Waals surface area contributed by atoms with E-state index in [-0.39, 0.29) is 6.10 Å². The first-order chi connectivity index (χ1) is 5.68. The van der Waals surface area contributed by atoms with Crippen molar-refractivity contribution >= 4 is 16.7 Å². The van der Waals surface area contributed by atoms with Crippen molar-refractivity contribution in [2.45, 2.75) is 26.4 Å². The number of nitrogens with one attached hydrogen (secondary N) is 1. The second kappa shape index (κ2) is 4.37. The van der Waals surface area contributed by atoms with Gasteiger partial charge in [0.1, 0.15) is 5.82 Å². The van der Waals surface area contributed by atoms with Crippen LogP contribution in [0.3, 0.4) is 0 Å². The number of hydrogen-bond acceptors (Lipinski definition) is 5. The number of aliphatic hydroxyl groups is 1. The first kappa shape index (κ1) is 9.41. The molecule has 0 saturated carbocycles. The highest BCUT2D eigenvalue weighted by Gasteiger charge is 1.99. The van der Waals surface area contributed by atoms with Crippen LogP contribution in [0.25, 0.3) is 0 Å². The number of hydrogen-bond donors (Lipinski definition) is 2. The Kier molecular flexibility index (Phi) is 3.43. The fourth-order valence-electron chi connectivity index (χ4n) is 0.757. The molecular formula is C7H13N3OS. The topological polar surface area (TPSA) is 58.0 Å². The summed E-state index contributed by atoms with van der Waals surface area (Å²) in [6, 6.07) is 0. The highest BCUT2D eigenvalue weighted by molar-refractivity contribution is 7.09. The van der Waals surface area contributed by atoms with Crippen LogP contribution in [0.4, 0.5) is 5.13 Å². The van der Waals surface area contributed by atoms with Crippen LogP contribution in [-0.2, 0) is 0 Å². The van der Waals surface area contributed by atoms with Crippen LogP contribution < -0.4 is 5.32 Å². The summed E-state index contributed by atoms with van der Waals surface area (Å²) in [6.45, 7) is 4.37. The van der Waals surface area contributed by atoms with E-state index in [2.05, 4.69) is 14.7 Å². The molecule has 0 radical (unpaired) electrons. The number of anilines is 1. The van der Waals surface area contributed by atoms with Gasteiger partial charge >= 0.3 is 0 Å². The van der Waals surface area contributed by atoms with Crippen LogP contribution in [0.1, 0.15) is 19.2 Å². The summed E-state index contributed by atoms with van der Waals surface area (Å²) in [5, 5.41) is 12.9. The second-order valence-corrected chi connectivity index (χ2v) is 3.46. The Morgan fingerprint density at radius 3 is 2.92 bits per heavy atom. The van der Waals surface area contributed by atoms with Gasteiger partial charge in [-0.3, -0.25) is 0 Å². The third-order valence-corrected chi connectivity index (χ3v) is 2.13. The Labute approximate surface area is 75.8 Å². The van der Waals surface area contributed by atoms with Crippen molar-refractivity contribution in [1.29, 1.82) is 0 Å². The molecular weight excluding hydrogens is 174 g/mol. The molecule has 1 rings (SSSR count). The Morgan fingerprint density at radius 2 is 2.42 bits per heavy atom. The molecule has 2 N–H and O–H groups in total. The monoisotopic (exact) mass is 187 g/mol. The molecule has 1 aromatic rings. The molecule has 4 nitrogen and oxygen atoms in total. The summed E-state index contributed by atoms with van der Waals surface area (Å²) in [5.74, 6) is 0.791. The average Bonchev–Trinajstić information content (AvgIpc) is 2.35. The minimum atomic E-state index is -0.258. The van der Waals surface area contributed by atoms with Crippen LogP contribution in [0.2, 0.25) is 0 Å². The van der Waals surface area contributed by atoms with Crippen molar-refractivity contribution < 1.29 is 5.11 Å². The number of aryl methyl sites for hydroxylation is 1. The lowest BCUT2D eigenvalue weighted by molar-refractivity contribution is 0.189. The Balaban J connectivity index is 2.24. The van der Waals surface area contributed by atoms with Crippen molar-refractivity contribution in [1.82, 2.24) is 9.36 Å². The van der Waals surface area contributed by atoms with Crippen molar-refractivity contribution in [3.8, 4) is 0 Å². The van der Waals surface area contributed by atoms with Gasteiger partial charge in [-0.1, -0.05) is 0 Å². The van der Waals surface area contributed by atoms with Gasteiger partial charge in [-0.2, -0.15) is 4.37 Å². The van der Waals surface area contributed by atoms with E-state index in [0.29, 0.717) is 0 Å². The zero-order chi connectivity index (χ0) is 8.97.